The molecule has 0 spiro atoms. The molecule has 126 valence electrons. The number of methoxy groups -OCH3 is 2. The van der Waals surface area contributed by atoms with Crippen molar-refractivity contribution in [1.82, 2.24) is 0 Å². The summed E-state index contributed by atoms with van der Waals surface area (Å²) in [5.74, 6) is -0.998. The van der Waals surface area contributed by atoms with Crippen LogP contribution in [0.1, 0.15) is 12.8 Å². The van der Waals surface area contributed by atoms with Gasteiger partial charge in [0.1, 0.15) is 12.2 Å². The molecular weight excluding hydrogens is 424 g/mol. The van der Waals surface area contributed by atoms with Crippen LogP contribution in [-0.2, 0) is 28.5 Å². The van der Waals surface area contributed by atoms with Crippen LogP contribution in [0.5, 0.6) is 0 Å². The number of hydrogen-bond acceptors (Lipinski definition) is 6. The molecule has 0 bridgehead atoms. The zero-order valence-electron chi connectivity index (χ0n) is 12.5. The minimum atomic E-state index is -0.499. The van der Waals surface area contributed by atoms with Crippen molar-refractivity contribution in [3.05, 3.63) is 24.7 Å². The average Bonchev–Trinajstić information content (AvgIpc) is 2.52. The van der Waals surface area contributed by atoms with Crippen molar-refractivity contribution < 1.29 is 28.5 Å². The number of carbonyl (C=O) groups excluding carboxylic acids is 2. The van der Waals surface area contributed by atoms with Gasteiger partial charge in [-0.15, -0.1) is 0 Å². The van der Waals surface area contributed by atoms with Gasteiger partial charge in [0.2, 0.25) is 0 Å². The second-order valence-corrected chi connectivity index (χ2v) is 5.54. The zero-order valence-corrected chi connectivity index (χ0v) is 15.7. The van der Waals surface area contributed by atoms with Crippen LogP contribution in [0.25, 0.3) is 0 Å². The molecule has 0 aromatic rings. The number of alkyl halides is 2. The molecule has 0 saturated heterocycles. The van der Waals surface area contributed by atoms with Crippen LogP contribution in [0, 0.1) is 0 Å². The summed E-state index contributed by atoms with van der Waals surface area (Å²) in [7, 11) is 2.58. The normalized spacial score (nSPS) is 13.8. The van der Waals surface area contributed by atoms with Crippen molar-refractivity contribution in [2.75, 3.05) is 24.9 Å². The minimum Gasteiger partial charge on any atom is -0.494 e. The van der Waals surface area contributed by atoms with Crippen LogP contribution >= 0.6 is 31.9 Å². The fraction of sp³-hybridized carbons (Fsp3) is 0.571. The van der Waals surface area contributed by atoms with Crippen molar-refractivity contribution in [2.24, 2.45) is 0 Å². The Morgan fingerprint density at radius 2 is 1.23 bits per heavy atom. The van der Waals surface area contributed by atoms with Crippen LogP contribution in [0.15, 0.2) is 24.7 Å². The average molecular weight is 444 g/mol. The summed E-state index contributed by atoms with van der Waals surface area (Å²) in [4.78, 5) is 22.1. The summed E-state index contributed by atoms with van der Waals surface area (Å²) >= 11 is 6.70. The third-order valence-electron chi connectivity index (χ3n) is 2.52. The molecule has 0 aliphatic rings. The summed E-state index contributed by atoms with van der Waals surface area (Å²) in [6, 6.07) is 0. The number of hydrogen-bond donors (Lipinski definition) is 0. The quantitative estimate of drug-likeness (QED) is 0.211. The van der Waals surface area contributed by atoms with E-state index in [-0.39, 0.29) is 12.2 Å². The lowest BCUT2D eigenvalue weighted by atomic mass is 10.1. The zero-order chi connectivity index (χ0) is 16.8. The van der Waals surface area contributed by atoms with Gasteiger partial charge in [0.15, 0.2) is 0 Å². The highest BCUT2D eigenvalue weighted by Gasteiger charge is 2.22. The molecule has 0 amide bonds. The summed E-state index contributed by atoms with van der Waals surface area (Å²) in [6.07, 6.45) is 5.69. The first-order valence-electron chi connectivity index (χ1n) is 6.50. The fourth-order valence-electron chi connectivity index (χ4n) is 1.43. The van der Waals surface area contributed by atoms with Crippen LogP contribution in [0.2, 0.25) is 0 Å². The monoisotopic (exact) mass is 442 g/mol. The van der Waals surface area contributed by atoms with Crippen LogP contribution in [0.4, 0.5) is 0 Å². The smallest absolute Gasteiger partial charge is 0.333 e. The highest BCUT2D eigenvalue weighted by atomic mass is 79.9. The third kappa shape index (κ3) is 9.83. The number of ether oxygens (including phenoxy) is 4. The van der Waals surface area contributed by atoms with Crippen LogP contribution in [-0.4, -0.2) is 49.0 Å². The molecular formula is C14H20Br2O6. The van der Waals surface area contributed by atoms with Gasteiger partial charge in [-0.2, -0.15) is 0 Å². The number of carbonyl (C=O) groups is 2. The van der Waals surface area contributed by atoms with E-state index in [0.717, 1.165) is 0 Å². The summed E-state index contributed by atoms with van der Waals surface area (Å²) < 4.78 is 20.1. The Hall–Kier alpha value is -1.02. The molecule has 8 heteroatoms. The lowest BCUT2D eigenvalue weighted by Crippen LogP contribution is -2.30. The van der Waals surface area contributed by atoms with E-state index in [0.29, 0.717) is 23.5 Å². The Morgan fingerprint density at radius 1 is 0.864 bits per heavy atom. The molecule has 0 heterocycles. The van der Waals surface area contributed by atoms with Gasteiger partial charge in [0.05, 0.1) is 38.9 Å². The van der Waals surface area contributed by atoms with E-state index in [1.54, 1.807) is 0 Å². The molecule has 0 aromatic heterocycles. The van der Waals surface area contributed by atoms with Gasteiger partial charge in [-0.1, -0.05) is 31.9 Å². The van der Waals surface area contributed by atoms with Crippen LogP contribution < -0.4 is 0 Å². The molecule has 0 radical (unpaired) electrons. The van der Waals surface area contributed by atoms with Crippen LogP contribution in [0.3, 0.4) is 0 Å². The van der Waals surface area contributed by atoms with Gasteiger partial charge >= 0.3 is 11.9 Å². The highest BCUT2D eigenvalue weighted by Crippen LogP contribution is 2.16. The van der Waals surface area contributed by atoms with E-state index in [1.165, 1.54) is 38.9 Å². The molecule has 0 aromatic carbocycles. The number of halogens is 2. The maximum Gasteiger partial charge on any atom is 0.333 e. The maximum absolute atomic E-state index is 11.0. The number of esters is 2. The molecule has 0 saturated carbocycles. The molecule has 2 atom stereocenters. The largest absolute Gasteiger partial charge is 0.494 e. The van der Waals surface area contributed by atoms with Gasteiger partial charge in [0.25, 0.3) is 0 Å². The second-order valence-electron chi connectivity index (χ2n) is 3.96. The second kappa shape index (κ2) is 13.6. The van der Waals surface area contributed by atoms with Gasteiger partial charge in [-0.25, -0.2) is 9.59 Å². The first-order valence-corrected chi connectivity index (χ1v) is 8.75. The topological polar surface area (TPSA) is 71.1 Å². The molecule has 0 fully saturated rings. The summed E-state index contributed by atoms with van der Waals surface area (Å²) in [5.41, 5.74) is 0. The third-order valence-corrected chi connectivity index (χ3v) is 3.43. The van der Waals surface area contributed by atoms with Crippen molar-refractivity contribution in [2.45, 2.75) is 25.0 Å². The summed E-state index contributed by atoms with van der Waals surface area (Å²) in [6.45, 7) is 0. The Labute approximate surface area is 147 Å². The Balaban J connectivity index is 4.70. The van der Waals surface area contributed by atoms with E-state index in [9.17, 15) is 9.59 Å². The Morgan fingerprint density at radius 3 is 1.50 bits per heavy atom. The van der Waals surface area contributed by atoms with Gasteiger partial charge < -0.3 is 18.9 Å². The van der Waals surface area contributed by atoms with E-state index in [2.05, 4.69) is 41.3 Å². The lowest BCUT2D eigenvalue weighted by molar-refractivity contribution is -0.136. The standard InChI is InChI=1S/C14H20Br2O6/c1-19-13(17)5-9-21-11(3-7-15)12(4-8-16)22-10-6-14(18)20-2/h5-6,9-12H,3-4,7-8H2,1-2H3/b9-5+,10-6+/t11-,12+. The van der Waals surface area contributed by atoms with Crippen molar-refractivity contribution >= 4 is 43.8 Å². The predicted octanol–water partition coefficient (Wildman–Crippen LogP) is 2.70. The SMILES string of the molecule is COC(=O)/C=C/O[C@@H](CCBr)[C@@H](CCBr)O/C=C/C(=O)OC. The fourth-order valence-corrected chi connectivity index (χ4v) is 2.33. The van der Waals surface area contributed by atoms with Gasteiger partial charge in [0, 0.05) is 10.7 Å². The molecule has 0 aliphatic heterocycles. The molecule has 22 heavy (non-hydrogen) atoms. The van der Waals surface area contributed by atoms with E-state index < -0.39 is 11.9 Å². The first kappa shape index (κ1) is 21.0. The van der Waals surface area contributed by atoms with Crippen molar-refractivity contribution in [3.8, 4) is 0 Å². The molecule has 0 aliphatic carbocycles. The molecule has 0 rings (SSSR count). The minimum absolute atomic E-state index is 0.292. The van der Waals surface area contributed by atoms with E-state index in [4.69, 9.17) is 9.47 Å². The maximum atomic E-state index is 11.0. The summed E-state index contributed by atoms with van der Waals surface area (Å²) in [5, 5.41) is 1.40. The Bertz CT molecular complexity index is 348. The van der Waals surface area contributed by atoms with E-state index >= 15 is 0 Å². The van der Waals surface area contributed by atoms with Crippen molar-refractivity contribution in [1.29, 1.82) is 0 Å². The first-order chi connectivity index (χ1) is 10.6. The van der Waals surface area contributed by atoms with Gasteiger partial charge in [-0.3, -0.25) is 0 Å². The highest BCUT2D eigenvalue weighted by molar-refractivity contribution is 9.09. The number of rotatable bonds is 11. The Kier molecular flexibility index (Phi) is 13.0. The molecule has 0 unspecified atom stereocenters. The van der Waals surface area contributed by atoms with E-state index in [1.807, 2.05) is 0 Å². The lowest BCUT2D eigenvalue weighted by Gasteiger charge is -2.25. The van der Waals surface area contributed by atoms with Gasteiger partial charge in [-0.05, 0) is 12.8 Å². The molecule has 0 N–H and O–H groups in total. The predicted molar refractivity (Wildman–Crippen MR) is 88.9 cm³/mol. The molecule has 6 nitrogen and oxygen atoms in total. The van der Waals surface area contributed by atoms with Crippen molar-refractivity contribution in [3.63, 3.8) is 0 Å².